The van der Waals surface area contributed by atoms with Crippen molar-refractivity contribution in [2.24, 2.45) is 5.92 Å². The summed E-state index contributed by atoms with van der Waals surface area (Å²) in [5, 5.41) is 1.31. The second-order valence-electron chi connectivity index (χ2n) is 9.90. The van der Waals surface area contributed by atoms with Gasteiger partial charge in [0.25, 0.3) is 0 Å². The Balaban J connectivity index is 1.29. The van der Waals surface area contributed by atoms with Crippen LogP contribution in [0.5, 0.6) is 0 Å². The van der Waals surface area contributed by atoms with Crippen molar-refractivity contribution in [3.63, 3.8) is 0 Å². The van der Waals surface area contributed by atoms with Crippen LogP contribution in [0.25, 0.3) is 10.2 Å². The molecule has 0 unspecified atom stereocenters. The molecular formula is C27H33ClN4O4S2. The van der Waals surface area contributed by atoms with Crippen LogP contribution < -0.4 is 4.90 Å². The molecule has 0 saturated carbocycles. The van der Waals surface area contributed by atoms with Crippen molar-refractivity contribution in [2.45, 2.75) is 31.1 Å². The van der Waals surface area contributed by atoms with Crippen LogP contribution >= 0.6 is 22.9 Å². The van der Waals surface area contributed by atoms with Crippen molar-refractivity contribution in [2.75, 3.05) is 57.4 Å². The predicted molar refractivity (Wildman–Crippen MR) is 152 cm³/mol. The number of thiazole rings is 1. The van der Waals surface area contributed by atoms with Crippen molar-refractivity contribution >= 4 is 54.2 Å². The van der Waals surface area contributed by atoms with Gasteiger partial charge in [0.05, 0.1) is 28.3 Å². The molecule has 1 amide bonds. The van der Waals surface area contributed by atoms with Crippen LogP contribution in [0, 0.1) is 12.8 Å². The van der Waals surface area contributed by atoms with Gasteiger partial charge >= 0.3 is 0 Å². The number of nitrogens with zero attached hydrogens (tertiary/aromatic N) is 4. The first-order valence-electron chi connectivity index (χ1n) is 13.1. The van der Waals surface area contributed by atoms with Gasteiger partial charge < -0.3 is 4.74 Å². The molecule has 2 aliphatic rings. The van der Waals surface area contributed by atoms with Crippen molar-refractivity contribution in [1.82, 2.24) is 14.2 Å². The number of aromatic nitrogens is 1. The van der Waals surface area contributed by atoms with E-state index in [9.17, 15) is 13.2 Å². The third-order valence-electron chi connectivity index (χ3n) is 7.26. The van der Waals surface area contributed by atoms with Gasteiger partial charge in [-0.1, -0.05) is 40.6 Å². The first-order valence-corrected chi connectivity index (χ1v) is 15.7. The Hall–Kier alpha value is -2.08. The van der Waals surface area contributed by atoms with Crippen LogP contribution in [0.1, 0.15) is 24.8 Å². The second kappa shape index (κ2) is 12.0. The number of fused-ring (bicyclic) bond motifs is 1. The molecule has 0 radical (unpaired) electrons. The summed E-state index contributed by atoms with van der Waals surface area (Å²) in [5.74, 6) is -0.233. The van der Waals surface area contributed by atoms with E-state index in [0.29, 0.717) is 47.5 Å². The van der Waals surface area contributed by atoms with E-state index in [4.69, 9.17) is 21.3 Å². The lowest BCUT2D eigenvalue weighted by Crippen LogP contribution is -2.45. The summed E-state index contributed by atoms with van der Waals surface area (Å²) in [6.45, 7) is 7.32. The fourth-order valence-electron chi connectivity index (χ4n) is 5.00. The van der Waals surface area contributed by atoms with Crippen molar-refractivity contribution in [3.8, 4) is 0 Å². The van der Waals surface area contributed by atoms with Crippen LogP contribution in [0.4, 0.5) is 5.13 Å². The number of hydrogen-bond donors (Lipinski definition) is 0. The number of piperidine rings is 1. The monoisotopic (exact) mass is 576 g/mol. The lowest BCUT2D eigenvalue weighted by molar-refractivity contribution is -0.123. The summed E-state index contributed by atoms with van der Waals surface area (Å²) in [6, 6.07) is 12.5. The van der Waals surface area contributed by atoms with E-state index in [1.54, 1.807) is 12.1 Å². The number of sulfonamides is 1. The Morgan fingerprint density at radius 1 is 1.11 bits per heavy atom. The van der Waals surface area contributed by atoms with Gasteiger partial charge in [-0.25, -0.2) is 13.4 Å². The van der Waals surface area contributed by atoms with Gasteiger partial charge in [0, 0.05) is 50.2 Å². The zero-order valence-electron chi connectivity index (χ0n) is 21.5. The van der Waals surface area contributed by atoms with E-state index in [1.807, 2.05) is 42.2 Å². The molecule has 1 aromatic heterocycles. The zero-order chi connectivity index (χ0) is 26.7. The second-order valence-corrected chi connectivity index (χ2v) is 13.3. The van der Waals surface area contributed by atoms with Crippen LogP contribution in [0.15, 0.2) is 47.4 Å². The zero-order valence-corrected chi connectivity index (χ0v) is 23.9. The molecule has 0 aliphatic carbocycles. The summed E-state index contributed by atoms with van der Waals surface area (Å²) in [4.78, 5) is 23.1. The molecular weight excluding hydrogens is 544 g/mol. The Kier molecular flexibility index (Phi) is 8.66. The molecule has 0 bridgehead atoms. The molecule has 0 atom stereocenters. The number of anilines is 1. The third-order valence-corrected chi connectivity index (χ3v) is 10.4. The molecule has 204 valence electrons. The molecule has 5 rings (SSSR count). The lowest BCUT2D eigenvalue weighted by Gasteiger charge is -2.33. The normalized spacial score (nSPS) is 18.2. The van der Waals surface area contributed by atoms with Crippen LogP contribution in [-0.4, -0.2) is 81.0 Å². The van der Waals surface area contributed by atoms with Crippen molar-refractivity contribution < 1.29 is 17.9 Å². The van der Waals surface area contributed by atoms with Gasteiger partial charge in [-0.3, -0.25) is 14.6 Å². The molecule has 2 aliphatic heterocycles. The number of halogens is 1. The summed E-state index contributed by atoms with van der Waals surface area (Å²) in [6.07, 6.45) is 1.80. The highest BCUT2D eigenvalue weighted by atomic mass is 35.5. The predicted octanol–water partition coefficient (Wildman–Crippen LogP) is 4.41. The highest BCUT2D eigenvalue weighted by Crippen LogP contribution is 2.33. The van der Waals surface area contributed by atoms with E-state index in [2.05, 4.69) is 4.90 Å². The summed E-state index contributed by atoms with van der Waals surface area (Å²) >= 11 is 7.66. The van der Waals surface area contributed by atoms with E-state index in [1.165, 1.54) is 15.6 Å². The number of aryl methyl sites for hydroxylation is 1. The molecule has 3 heterocycles. The molecule has 38 heavy (non-hydrogen) atoms. The summed E-state index contributed by atoms with van der Waals surface area (Å²) < 4.78 is 34.2. The van der Waals surface area contributed by atoms with Crippen LogP contribution in [-0.2, 0) is 19.6 Å². The number of amides is 1. The number of hydrogen-bond acceptors (Lipinski definition) is 7. The molecule has 0 N–H and O–H groups in total. The molecule has 2 saturated heterocycles. The molecule has 11 heteroatoms. The molecule has 8 nitrogen and oxygen atoms in total. The maximum absolute atomic E-state index is 13.9. The van der Waals surface area contributed by atoms with Gasteiger partial charge in [-0.2, -0.15) is 4.31 Å². The quantitative estimate of drug-likeness (QED) is 0.395. The summed E-state index contributed by atoms with van der Waals surface area (Å²) in [5.41, 5.74) is 1.83. The minimum absolute atomic E-state index is 0.0181. The molecule has 2 fully saturated rings. The fraction of sp³-hybridized carbons (Fsp3) is 0.481. The first-order chi connectivity index (χ1) is 18.3. The standard InChI is InChI=1S/C27H33ClN4O4S2/c1-20-3-6-23(7-4-20)38(34,35)31-13-9-21(10-14-31)26(33)32(12-2-11-30-15-17-36-18-16-30)27-29-24-8-5-22(28)19-25(24)37-27/h3-8,19,21H,2,9-18H2,1H3. The van der Waals surface area contributed by atoms with Gasteiger partial charge in [-0.15, -0.1) is 0 Å². The number of morpholine rings is 1. The van der Waals surface area contributed by atoms with Gasteiger partial charge in [0.1, 0.15) is 0 Å². The number of carbonyl (C=O) groups excluding carboxylic acids is 1. The van der Waals surface area contributed by atoms with E-state index >= 15 is 0 Å². The maximum Gasteiger partial charge on any atom is 0.243 e. The largest absolute Gasteiger partial charge is 0.379 e. The minimum Gasteiger partial charge on any atom is -0.379 e. The Morgan fingerprint density at radius 2 is 1.82 bits per heavy atom. The van der Waals surface area contributed by atoms with Crippen LogP contribution in [0.3, 0.4) is 0 Å². The highest BCUT2D eigenvalue weighted by molar-refractivity contribution is 7.89. The van der Waals surface area contributed by atoms with Gasteiger partial charge in [0.2, 0.25) is 15.9 Å². The first kappa shape index (κ1) is 27.5. The minimum atomic E-state index is -3.58. The summed E-state index contributed by atoms with van der Waals surface area (Å²) in [7, 11) is -3.58. The Labute approximate surface area is 233 Å². The Morgan fingerprint density at radius 3 is 2.53 bits per heavy atom. The SMILES string of the molecule is Cc1ccc(S(=O)(=O)N2CCC(C(=O)N(CCCN3CCOCC3)c3nc4ccc(Cl)cc4s3)CC2)cc1. The van der Waals surface area contributed by atoms with Crippen LogP contribution in [0.2, 0.25) is 5.02 Å². The maximum atomic E-state index is 13.9. The number of ether oxygens (including phenoxy) is 1. The fourth-order valence-corrected chi connectivity index (χ4v) is 7.74. The number of carbonyl (C=O) groups is 1. The van der Waals surface area contributed by atoms with E-state index < -0.39 is 10.0 Å². The Bertz CT molecular complexity index is 1370. The molecule has 3 aromatic rings. The topological polar surface area (TPSA) is 83.1 Å². The average molecular weight is 577 g/mol. The smallest absolute Gasteiger partial charge is 0.243 e. The lowest BCUT2D eigenvalue weighted by atomic mass is 9.96. The highest BCUT2D eigenvalue weighted by Gasteiger charge is 2.35. The van der Waals surface area contributed by atoms with E-state index in [0.717, 1.165) is 55.0 Å². The van der Waals surface area contributed by atoms with Gasteiger partial charge in [0.15, 0.2) is 5.13 Å². The van der Waals surface area contributed by atoms with Crippen molar-refractivity contribution in [3.05, 3.63) is 53.1 Å². The molecule has 0 spiro atoms. The van der Waals surface area contributed by atoms with E-state index in [-0.39, 0.29) is 11.8 Å². The number of benzene rings is 2. The van der Waals surface area contributed by atoms with Gasteiger partial charge in [-0.05, 0) is 56.5 Å². The number of rotatable bonds is 8. The third kappa shape index (κ3) is 6.21. The molecule has 2 aromatic carbocycles. The average Bonchev–Trinajstić information content (AvgIpc) is 3.34. The van der Waals surface area contributed by atoms with Crippen molar-refractivity contribution in [1.29, 1.82) is 0 Å².